The molecule has 0 heterocycles. The number of amides is 4. The maximum Gasteiger partial charge on any atom is 0.408 e. The van der Waals surface area contributed by atoms with Crippen LogP contribution in [0.5, 0.6) is 0 Å². The number of rotatable bonds is 11. The zero-order valence-corrected chi connectivity index (χ0v) is 20.8. The second kappa shape index (κ2) is 13.1. The number of nitrogens with one attached hydrogen (secondary N) is 3. The fraction of sp³-hybridized carbons (Fsp3) is 0.783. The largest absolute Gasteiger partial charge is 0.480 e. The molecule has 2 unspecified atom stereocenters. The van der Waals surface area contributed by atoms with Crippen molar-refractivity contribution < 1.29 is 33.8 Å². The molecule has 34 heavy (non-hydrogen) atoms. The highest BCUT2D eigenvalue weighted by atomic mass is 16.6. The number of hydrogen-bond acceptors (Lipinski definition) is 6. The van der Waals surface area contributed by atoms with Gasteiger partial charge in [-0.15, -0.1) is 0 Å². The Balaban J connectivity index is 2.53. The Bertz CT molecular complexity index is 740. The van der Waals surface area contributed by atoms with E-state index in [1.165, 1.54) is 0 Å². The highest BCUT2D eigenvalue weighted by molar-refractivity contribution is 5.89. The summed E-state index contributed by atoms with van der Waals surface area (Å²) in [6.07, 6.45) is 1.81. The number of nitrogens with two attached hydrogens (primary N) is 1. The van der Waals surface area contributed by atoms with Crippen LogP contribution in [0.4, 0.5) is 4.79 Å². The molecule has 2 atom stereocenters. The molecular weight excluding hydrogens is 444 g/mol. The number of carbonyl (C=O) groups excluding carboxylic acids is 4. The molecule has 0 aromatic carbocycles. The summed E-state index contributed by atoms with van der Waals surface area (Å²) in [6.45, 7) is 9.58. The zero-order chi connectivity index (χ0) is 26.1. The van der Waals surface area contributed by atoms with Gasteiger partial charge in [0.25, 0.3) is 0 Å². The first-order chi connectivity index (χ1) is 15.7. The molecule has 1 fully saturated rings. The van der Waals surface area contributed by atoms with Gasteiger partial charge in [0.15, 0.2) is 0 Å². The van der Waals surface area contributed by atoms with Crippen molar-refractivity contribution in [3.63, 3.8) is 0 Å². The van der Waals surface area contributed by atoms with E-state index in [1.807, 2.05) is 13.8 Å². The molecule has 1 saturated carbocycles. The second-order valence-corrected chi connectivity index (χ2v) is 10.4. The van der Waals surface area contributed by atoms with Gasteiger partial charge in [-0.2, -0.15) is 0 Å². The third kappa shape index (κ3) is 11.3. The van der Waals surface area contributed by atoms with Gasteiger partial charge < -0.3 is 31.5 Å². The number of aliphatic carboxylic acids is 1. The zero-order valence-electron chi connectivity index (χ0n) is 20.8. The molecule has 4 amide bonds. The van der Waals surface area contributed by atoms with Crippen molar-refractivity contribution in [2.75, 3.05) is 6.54 Å². The Morgan fingerprint density at radius 2 is 1.59 bits per heavy atom. The van der Waals surface area contributed by atoms with E-state index in [0.29, 0.717) is 38.6 Å². The molecule has 0 aromatic heterocycles. The van der Waals surface area contributed by atoms with Crippen molar-refractivity contribution in [2.45, 2.75) is 90.8 Å². The van der Waals surface area contributed by atoms with Crippen LogP contribution in [0.15, 0.2) is 0 Å². The van der Waals surface area contributed by atoms with Gasteiger partial charge in [0, 0.05) is 12.5 Å². The summed E-state index contributed by atoms with van der Waals surface area (Å²) in [7, 11) is 0. The van der Waals surface area contributed by atoms with Crippen molar-refractivity contribution in [1.29, 1.82) is 0 Å². The minimum absolute atomic E-state index is 0.162. The number of carbonyl (C=O) groups is 5. The van der Waals surface area contributed by atoms with Gasteiger partial charge in [-0.1, -0.05) is 13.8 Å². The van der Waals surface area contributed by atoms with Crippen LogP contribution in [0.25, 0.3) is 0 Å². The maximum atomic E-state index is 12.7. The first-order valence-corrected chi connectivity index (χ1v) is 11.8. The lowest BCUT2D eigenvalue weighted by Crippen LogP contribution is -2.50. The Morgan fingerprint density at radius 3 is 2.06 bits per heavy atom. The van der Waals surface area contributed by atoms with Gasteiger partial charge in [0.1, 0.15) is 17.7 Å². The number of primary amides is 1. The summed E-state index contributed by atoms with van der Waals surface area (Å²) < 4.78 is 5.26. The molecule has 194 valence electrons. The average molecular weight is 485 g/mol. The lowest BCUT2D eigenvalue weighted by Gasteiger charge is -2.29. The number of carboxylic acids is 1. The lowest BCUT2D eigenvalue weighted by atomic mass is 9.81. The van der Waals surface area contributed by atoms with Gasteiger partial charge in [0.2, 0.25) is 17.7 Å². The maximum absolute atomic E-state index is 12.7. The quantitative estimate of drug-likeness (QED) is 0.293. The summed E-state index contributed by atoms with van der Waals surface area (Å²) in [5.41, 5.74) is 4.38. The van der Waals surface area contributed by atoms with E-state index in [2.05, 4.69) is 16.0 Å². The van der Waals surface area contributed by atoms with E-state index in [9.17, 15) is 24.0 Å². The van der Waals surface area contributed by atoms with Crippen molar-refractivity contribution in [2.24, 2.45) is 23.5 Å². The minimum atomic E-state index is -1.34. The normalized spacial score (nSPS) is 20.1. The molecular formula is C23H40N4O7. The van der Waals surface area contributed by atoms with Crippen LogP contribution in [0.1, 0.15) is 73.1 Å². The molecule has 1 rings (SSSR count). The topological polar surface area (TPSA) is 177 Å². The molecule has 0 saturated heterocycles. The summed E-state index contributed by atoms with van der Waals surface area (Å²) >= 11 is 0. The molecule has 1 aliphatic carbocycles. The molecule has 11 heteroatoms. The predicted octanol–water partition coefficient (Wildman–Crippen LogP) is 1.29. The van der Waals surface area contributed by atoms with E-state index in [0.717, 1.165) is 0 Å². The van der Waals surface area contributed by atoms with E-state index in [1.54, 1.807) is 20.8 Å². The van der Waals surface area contributed by atoms with E-state index >= 15 is 0 Å². The molecule has 0 aliphatic heterocycles. The first kappa shape index (κ1) is 29.2. The van der Waals surface area contributed by atoms with Crippen molar-refractivity contribution in [3.05, 3.63) is 0 Å². The Hall–Kier alpha value is -2.85. The third-order valence-corrected chi connectivity index (χ3v) is 5.52. The summed E-state index contributed by atoms with van der Waals surface area (Å²) in [6, 6.07) is -2.05. The SMILES string of the molecule is CC(C)CC(NC(=O)OC(C)(C)C)C(=O)NCC1CCC(C(=O)NC(CC(N)=O)C(=O)O)CC1. The molecule has 0 aromatic rings. The summed E-state index contributed by atoms with van der Waals surface area (Å²) in [5.74, 6) is -2.81. The lowest BCUT2D eigenvalue weighted by molar-refractivity contribution is -0.144. The van der Waals surface area contributed by atoms with Crippen LogP contribution in [0.2, 0.25) is 0 Å². The fourth-order valence-corrected chi connectivity index (χ4v) is 3.84. The van der Waals surface area contributed by atoms with Crippen LogP contribution in [-0.2, 0) is 23.9 Å². The highest BCUT2D eigenvalue weighted by Gasteiger charge is 2.31. The minimum Gasteiger partial charge on any atom is -0.480 e. The number of ether oxygens (including phenoxy) is 1. The summed E-state index contributed by atoms with van der Waals surface area (Å²) in [4.78, 5) is 59.5. The predicted molar refractivity (Wildman–Crippen MR) is 124 cm³/mol. The average Bonchev–Trinajstić information content (AvgIpc) is 2.69. The number of carboxylic acid groups (broad SMARTS) is 1. The molecule has 0 spiro atoms. The van der Waals surface area contributed by atoms with Gasteiger partial charge >= 0.3 is 12.1 Å². The molecule has 0 bridgehead atoms. The molecule has 11 nitrogen and oxygen atoms in total. The Kier molecular flexibility index (Phi) is 11.3. The standard InChI is InChI=1S/C23H40N4O7/c1-13(2)10-16(27-22(33)34-23(3,4)5)20(30)25-12-14-6-8-15(9-7-14)19(29)26-17(21(31)32)11-18(24)28/h13-17H,6-12H2,1-5H3,(H2,24,28)(H,25,30)(H,26,29)(H,27,33)(H,31,32). The third-order valence-electron chi connectivity index (χ3n) is 5.52. The van der Waals surface area contributed by atoms with Gasteiger partial charge in [-0.25, -0.2) is 9.59 Å². The van der Waals surface area contributed by atoms with Crippen LogP contribution >= 0.6 is 0 Å². The Morgan fingerprint density at radius 1 is 1.00 bits per heavy atom. The van der Waals surface area contributed by atoms with E-state index < -0.39 is 48.0 Å². The van der Waals surface area contributed by atoms with Crippen LogP contribution in [0, 0.1) is 17.8 Å². The molecule has 0 radical (unpaired) electrons. The molecule has 1 aliphatic rings. The van der Waals surface area contributed by atoms with Crippen molar-refractivity contribution in [3.8, 4) is 0 Å². The number of hydrogen-bond donors (Lipinski definition) is 5. The number of alkyl carbamates (subject to hydrolysis) is 1. The fourth-order valence-electron chi connectivity index (χ4n) is 3.84. The van der Waals surface area contributed by atoms with Crippen molar-refractivity contribution in [1.82, 2.24) is 16.0 Å². The van der Waals surface area contributed by atoms with E-state index in [-0.39, 0.29) is 23.7 Å². The van der Waals surface area contributed by atoms with Gasteiger partial charge in [0.05, 0.1) is 6.42 Å². The highest BCUT2D eigenvalue weighted by Crippen LogP contribution is 2.28. The second-order valence-electron chi connectivity index (χ2n) is 10.4. The van der Waals surface area contributed by atoms with Crippen LogP contribution < -0.4 is 21.7 Å². The first-order valence-electron chi connectivity index (χ1n) is 11.8. The van der Waals surface area contributed by atoms with Crippen LogP contribution in [0.3, 0.4) is 0 Å². The monoisotopic (exact) mass is 484 g/mol. The molecule has 6 N–H and O–H groups in total. The van der Waals surface area contributed by atoms with Crippen LogP contribution in [-0.4, -0.2) is 59.1 Å². The summed E-state index contributed by atoms with van der Waals surface area (Å²) in [5, 5.41) is 17.1. The van der Waals surface area contributed by atoms with E-state index in [4.69, 9.17) is 15.6 Å². The van der Waals surface area contributed by atoms with Gasteiger partial charge in [-0.3, -0.25) is 14.4 Å². The smallest absolute Gasteiger partial charge is 0.408 e. The Labute approximate surface area is 200 Å². The van der Waals surface area contributed by atoms with Gasteiger partial charge in [-0.05, 0) is 64.7 Å². The van der Waals surface area contributed by atoms with Crippen molar-refractivity contribution >= 4 is 29.8 Å².